The van der Waals surface area contributed by atoms with E-state index in [1.165, 1.54) is 29.3 Å². The molecule has 6 heteroatoms. The highest BCUT2D eigenvalue weighted by Gasteiger charge is 2.22. The summed E-state index contributed by atoms with van der Waals surface area (Å²) in [6.45, 7) is 12.7. The largest absolute Gasteiger partial charge is 0.354 e. The number of rotatable bonds is 3. The van der Waals surface area contributed by atoms with Crippen LogP contribution in [0.25, 0.3) is 78.6 Å². The number of aromatic nitrogens is 4. The van der Waals surface area contributed by atoms with Gasteiger partial charge in [-0.05, 0) is 136 Å². The number of hydrogen-bond acceptors (Lipinski definition) is 1. The number of H-pyrrole nitrogens is 3. The first kappa shape index (κ1) is 30.6. The fourth-order valence-electron chi connectivity index (χ4n) is 7.82. The molecule has 8 rings (SSSR count). The van der Waals surface area contributed by atoms with Crippen molar-refractivity contribution in [2.24, 2.45) is 0 Å². The van der Waals surface area contributed by atoms with E-state index in [1.807, 2.05) is 24.3 Å². The number of nitrogens with zero attached hydrogens (tertiary/aromatic N) is 1. The normalized spacial score (nSPS) is 12.0. The fourth-order valence-corrected chi connectivity index (χ4v) is 7.82. The molecule has 5 heterocycles. The van der Waals surface area contributed by atoms with Crippen molar-refractivity contribution in [1.29, 1.82) is 0 Å². The molecule has 0 atom stereocenters. The predicted molar refractivity (Wildman–Crippen MR) is 200 cm³/mol. The molecule has 0 spiro atoms. The van der Waals surface area contributed by atoms with E-state index < -0.39 is 11.6 Å². The highest BCUT2D eigenvalue weighted by Crippen LogP contribution is 2.40. The van der Waals surface area contributed by atoms with E-state index in [4.69, 9.17) is 4.98 Å². The number of nitrogens with one attached hydrogen (secondary N) is 3. The molecule has 7 aromatic rings. The summed E-state index contributed by atoms with van der Waals surface area (Å²) in [5.74, 6) is -1.30. The van der Waals surface area contributed by atoms with Crippen molar-refractivity contribution in [2.75, 3.05) is 0 Å². The second kappa shape index (κ2) is 11.4. The second-order valence-electron chi connectivity index (χ2n) is 13.3. The Hall–Kier alpha value is -5.75. The first-order valence-corrected chi connectivity index (χ1v) is 16.5. The molecule has 4 nitrogen and oxygen atoms in total. The van der Waals surface area contributed by atoms with Crippen LogP contribution in [-0.2, 0) is 0 Å². The molecule has 0 unspecified atom stereocenters. The summed E-state index contributed by atoms with van der Waals surface area (Å²) >= 11 is 0. The van der Waals surface area contributed by atoms with E-state index >= 15 is 8.78 Å². The van der Waals surface area contributed by atoms with Crippen LogP contribution in [0, 0.1) is 53.2 Å². The molecule has 242 valence electrons. The summed E-state index contributed by atoms with van der Waals surface area (Å²) in [7, 11) is 0. The Kier molecular flexibility index (Phi) is 7.14. The second-order valence-corrected chi connectivity index (χ2v) is 13.3. The van der Waals surface area contributed by atoms with Gasteiger partial charge >= 0.3 is 0 Å². The topological polar surface area (TPSA) is 60.3 Å². The molecule has 0 saturated heterocycles. The summed E-state index contributed by atoms with van der Waals surface area (Å²) in [6.07, 6.45) is 3.81. The minimum atomic E-state index is -0.652. The number of halogens is 2. The molecule has 1 aliphatic heterocycles. The van der Waals surface area contributed by atoms with Gasteiger partial charge in [-0.2, -0.15) is 0 Å². The van der Waals surface area contributed by atoms with Gasteiger partial charge in [-0.1, -0.05) is 41.5 Å². The Balaban J connectivity index is 1.61. The summed E-state index contributed by atoms with van der Waals surface area (Å²) in [4.78, 5) is 16.1. The minimum absolute atomic E-state index is 0.123. The Morgan fingerprint density at radius 2 is 0.755 bits per heavy atom. The number of benzene rings is 3. The van der Waals surface area contributed by atoms with Crippen molar-refractivity contribution in [1.82, 2.24) is 19.9 Å². The van der Waals surface area contributed by atoms with Gasteiger partial charge < -0.3 is 15.0 Å². The molecular formula is C43H36F2N4. The third-order valence-electron chi connectivity index (χ3n) is 9.64. The van der Waals surface area contributed by atoms with Crippen LogP contribution in [0.4, 0.5) is 8.78 Å². The van der Waals surface area contributed by atoms with Crippen LogP contribution < -0.4 is 0 Å². The average molecular weight is 647 g/mol. The Bertz CT molecular complexity index is 2580. The highest BCUT2D eigenvalue weighted by atomic mass is 19.1. The van der Waals surface area contributed by atoms with E-state index in [1.54, 1.807) is 0 Å². The molecule has 3 N–H and O–H groups in total. The zero-order chi connectivity index (χ0) is 34.1. The van der Waals surface area contributed by atoms with Crippen molar-refractivity contribution < 1.29 is 8.78 Å². The smallest absolute Gasteiger partial charge is 0.134 e. The van der Waals surface area contributed by atoms with Gasteiger partial charge in [0.15, 0.2) is 0 Å². The maximum absolute atomic E-state index is 15.7. The van der Waals surface area contributed by atoms with Crippen LogP contribution in [0.5, 0.6) is 0 Å². The molecule has 0 saturated carbocycles. The van der Waals surface area contributed by atoms with Crippen molar-refractivity contribution in [3.05, 3.63) is 135 Å². The van der Waals surface area contributed by atoms with E-state index in [9.17, 15) is 0 Å². The zero-order valence-corrected chi connectivity index (χ0v) is 28.4. The summed E-state index contributed by atoms with van der Waals surface area (Å²) in [6, 6.07) is 24.9. The lowest BCUT2D eigenvalue weighted by atomic mass is 9.92. The van der Waals surface area contributed by atoms with Crippen molar-refractivity contribution in [3.8, 4) is 33.4 Å². The van der Waals surface area contributed by atoms with Crippen LogP contribution in [0.3, 0.4) is 0 Å². The fraction of sp³-hybridized carbons (Fsp3) is 0.140. The van der Waals surface area contributed by atoms with Crippen LogP contribution in [0.2, 0.25) is 0 Å². The maximum Gasteiger partial charge on any atom is 0.134 e. The summed E-state index contributed by atoms with van der Waals surface area (Å²) < 4.78 is 31.5. The van der Waals surface area contributed by atoms with Gasteiger partial charge in [0.1, 0.15) is 11.6 Å². The Labute approximate surface area is 283 Å². The number of hydrogen-bond donors (Lipinski definition) is 3. The number of fused-ring (bicyclic) bond motifs is 9. The monoisotopic (exact) mass is 646 g/mol. The molecule has 0 amide bonds. The lowest BCUT2D eigenvalue weighted by Gasteiger charge is -2.13. The molecule has 1 aliphatic rings. The molecule has 3 aromatic carbocycles. The van der Waals surface area contributed by atoms with E-state index in [0.29, 0.717) is 22.5 Å². The SMILES string of the molecule is Cc1cc(C)c(-c2c3nc(c(-c4c(F)cccc4F)c4ccc([nH]4)c(-c4c(C)cc(C)cc4C)c4ccc([nH]4)c4ccc2[nH]4)C=C3)c(C)c1. The van der Waals surface area contributed by atoms with E-state index in [-0.39, 0.29) is 5.56 Å². The van der Waals surface area contributed by atoms with E-state index in [2.05, 4.69) is 105 Å². The molecule has 0 radical (unpaired) electrons. The summed E-state index contributed by atoms with van der Waals surface area (Å²) in [5, 5.41) is 0. The van der Waals surface area contributed by atoms with Crippen molar-refractivity contribution >= 4 is 45.3 Å². The quantitative estimate of drug-likeness (QED) is 0.176. The molecule has 8 bridgehead atoms. The highest BCUT2D eigenvalue weighted by molar-refractivity contribution is 6.01. The number of aromatic amines is 3. The van der Waals surface area contributed by atoms with Crippen LogP contribution in [-0.4, -0.2) is 19.9 Å². The first-order valence-electron chi connectivity index (χ1n) is 16.5. The van der Waals surface area contributed by atoms with Gasteiger partial charge in [0.2, 0.25) is 0 Å². The lowest BCUT2D eigenvalue weighted by Crippen LogP contribution is -1.95. The standard InChI is InChI=1S/C43H36F2N4/c1-22-18-24(3)38(25(4)19-22)41-32-12-10-30(46-32)31-11-13-33(47-31)42(39-26(5)20-23(2)21-27(39)6)35-15-17-37(49-35)43(36-16-14-34(41)48-36)40-28(44)8-7-9-29(40)45/h7-21,46-48H,1-6H3. The van der Waals surface area contributed by atoms with E-state index in [0.717, 1.165) is 72.1 Å². The molecular weight excluding hydrogens is 610 g/mol. The van der Waals surface area contributed by atoms with Gasteiger partial charge in [0, 0.05) is 38.8 Å². The molecule has 0 fully saturated rings. The van der Waals surface area contributed by atoms with Gasteiger partial charge in [-0.15, -0.1) is 0 Å². The average Bonchev–Trinajstić information content (AvgIpc) is 3.86. The van der Waals surface area contributed by atoms with Gasteiger partial charge in [0.25, 0.3) is 0 Å². The van der Waals surface area contributed by atoms with Gasteiger partial charge in [0.05, 0.1) is 28.0 Å². The van der Waals surface area contributed by atoms with Crippen LogP contribution >= 0.6 is 0 Å². The third-order valence-corrected chi connectivity index (χ3v) is 9.64. The van der Waals surface area contributed by atoms with Gasteiger partial charge in [-0.3, -0.25) is 0 Å². The Morgan fingerprint density at radius 1 is 0.408 bits per heavy atom. The predicted octanol–water partition coefficient (Wildman–Crippen LogP) is 11.8. The van der Waals surface area contributed by atoms with Crippen LogP contribution in [0.1, 0.15) is 44.8 Å². The number of aryl methyl sites for hydroxylation is 6. The lowest BCUT2D eigenvalue weighted by molar-refractivity contribution is 0.589. The molecule has 4 aromatic heterocycles. The zero-order valence-electron chi connectivity index (χ0n) is 28.4. The van der Waals surface area contributed by atoms with Crippen molar-refractivity contribution in [2.45, 2.75) is 41.5 Å². The third kappa shape index (κ3) is 5.06. The van der Waals surface area contributed by atoms with Crippen molar-refractivity contribution in [3.63, 3.8) is 0 Å². The molecule has 0 aliphatic carbocycles. The molecule has 49 heavy (non-hydrogen) atoms. The van der Waals surface area contributed by atoms with Gasteiger partial charge in [-0.25, -0.2) is 13.8 Å². The minimum Gasteiger partial charge on any atom is -0.354 e. The van der Waals surface area contributed by atoms with Crippen LogP contribution in [0.15, 0.2) is 78.9 Å². The first-order chi connectivity index (χ1) is 23.6. The summed E-state index contributed by atoms with van der Waals surface area (Å²) in [5.41, 5.74) is 17.4. The maximum atomic E-state index is 15.7. The Morgan fingerprint density at radius 3 is 1.20 bits per heavy atom.